The van der Waals surface area contributed by atoms with Crippen molar-refractivity contribution in [2.45, 2.75) is 38.1 Å². The number of hydrogen-bond donors (Lipinski definition) is 1. The van der Waals surface area contributed by atoms with E-state index in [2.05, 4.69) is 20.9 Å². The van der Waals surface area contributed by atoms with E-state index in [1.54, 1.807) is 23.1 Å². The minimum Gasteiger partial charge on any atom is -0.481 e. The average molecular weight is 341 g/mol. The second-order valence-corrected chi connectivity index (χ2v) is 5.74. The predicted octanol–water partition coefficient (Wildman–Crippen LogP) is 2.70. The van der Waals surface area contributed by atoms with E-state index in [0.29, 0.717) is 23.3 Å². The second-order valence-electron chi connectivity index (χ2n) is 4.93. The molecular formula is C14H17BrN2O3. The van der Waals surface area contributed by atoms with E-state index in [-0.39, 0.29) is 18.4 Å². The van der Waals surface area contributed by atoms with Crippen LogP contribution >= 0.6 is 15.9 Å². The normalized spacial score (nSPS) is 18.9. The first-order valence-electron chi connectivity index (χ1n) is 6.73. The Labute approximate surface area is 126 Å². The van der Waals surface area contributed by atoms with E-state index in [4.69, 9.17) is 5.11 Å². The number of nitrogens with zero attached hydrogens (tertiary/aromatic N) is 2. The summed E-state index contributed by atoms with van der Waals surface area (Å²) in [6.07, 6.45) is 3.48. The van der Waals surface area contributed by atoms with Gasteiger partial charge in [-0.25, -0.2) is 4.98 Å². The highest BCUT2D eigenvalue weighted by Gasteiger charge is 2.28. The molecule has 1 aromatic rings. The highest BCUT2D eigenvalue weighted by Crippen LogP contribution is 2.23. The summed E-state index contributed by atoms with van der Waals surface area (Å²) in [6, 6.07) is 5.25. The van der Waals surface area contributed by atoms with Crippen molar-refractivity contribution in [2.24, 2.45) is 0 Å². The van der Waals surface area contributed by atoms with Gasteiger partial charge in [0.15, 0.2) is 0 Å². The lowest BCUT2D eigenvalue weighted by molar-refractivity contribution is -0.137. The fourth-order valence-corrected chi connectivity index (χ4v) is 2.88. The zero-order chi connectivity index (χ0) is 14.5. The lowest BCUT2D eigenvalue weighted by atomic mass is 9.97. The van der Waals surface area contributed by atoms with E-state index in [1.165, 1.54) is 0 Å². The number of carboxylic acids is 1. The molecule has 1 N–H and O–H groups in total. The van der Waals surface area contributed by atoms with Gasteiger partial charge in [0.25, 0.3) is 5.91 Å². The van der Waals surface area contributed by atoms with Crippen LogP contribution in [0.5, 0.6) is 0 Å². The number of hydrogen-bond acceptors (Lipinski definition) is 3. The Kier molecular flexibility index (Phi) is 5.11. The Morgan fingerprint density at radius 3 is 2.90 bits per heavy atom. The Bertz CT molecular complexity index is 507. The molecule has 1 aliphatic rings. The zero-order valence-electron chi connectivity index (χ0n) is 11.1. The van der Waals surface area contributed by atoms with Gasteiger partial charge in [-0.15, -0.1) is 0 Å². The van der Waals surface area contributed by atoms with Crippen molar-refractivity contribution in [1.82, 2.24) is 9.88 Å². The van der Waals surface area contributed by atoms with Crippen LogP contribution in [0.25, 0.3) is 0 Å². The molecule has 2 rings (SSSR count). The van der Waals surface area contributed by atoms with Crippen LogP contribution in [0.2, 0.25) is 0 Å². The molecule has 1 fully saturated rings. The molecule has 0 spiro atoms. The molecule has 1 aromatic heterocycles. The van der Waals surface area contributed by atoms with E-state index >= 15 is 0 Å². The fraction of sp³-hybridized carbons (Fsp3) is 0.500. The van der Waals surface area contributed by atoms with Gasteiger partial charge in [-0.3, -0.25) is 9.59 Å². The summed E-state index contributed by atoms with van der Waals surface area (Å²) in [5.74, 6) is -0.926. The number of aromatic nitrogens is 1. The zero-order valence-corrected chi connectivity index (χ0v) is 12.7. The average Bonchev–Trinajstić information content (AvgIpc) is 2.44. The van der Waals surface area contributed by atoms with Gasteiger partial charge in [0, 0.05) is 19.0 Å². The SMILES string of the molecule is O=C(O)CCC1CCCCN1C(=O)c1cccc(Br)n1. The summed E-state index contributed by atoms with van der Waals surface area (Å²) in [7, 11) is 0. The number of aliphatic carboxylic acids is 1. The first-order chi connectivity index (χ1) is 9.58. The van der Waals surface area contributed by atoms with Gasteiger partial charge in [-0.05, 0) is 53.7 Å². The first kappa shape index (κ1) is 15.0. The van der Waals surface area contributed by atoms with E-state index < -0.39 is 5.97 Å². The Morgan fingerprint density at radius 1 is 1.40 bits per heavy atom. The summed E-state index contributed by atoms with van der Waals surface area (Å²) >= 11 is 3.26. The maximum atomic E-state index is 12.5. The van der Waals surface area contributed by atoms with Crippen molar-refractivity contribution in [3.8, 4) is 0 Å². The van der Waals surface area contributed by atoms with Gasteiger partial charge in [0.2, 0.25) is 0 Å². The first-order valence-corrected chi connectivity index (χ1v) is 7.52. The molecule has 5 nitrogen and oxygen atoms in total. The summed E-state index contributed by atoms with van der Waals surface area (Å²) < 4.78 is 0.627. The third kappa shape index (κ3) is 3.79. The molecule has 1 amide bonds. The lowest BCUT2D eigenvalue weighted by Crippen LogP contribution is -2.44. The van der Waals surface area contributed by atoms with Crippen LogP contribution in [0.3, 0.4) is 0 Å². The van der Waals surface area contributed by atoms with Crippen molar-refractivity contribution in [3.63, 3.8) is 0 Å². The molecule has 20 heavy (non-hydrogen) atoms. The van der Waals surface area contributed by atoms with Crippen molar-refractivity contribution in [3.05, 3.63) is 28.5 Å². The van der Waals surface area contributed by atoms with Gasteiger partial charge in [0.05, 0.1) is 0 Å². The van der Waals surface area contributed by atoms with Gasteiger partial charge < -0.3 is 10.0 Å². The van der Waals surface area contributed by atoms with E-state index in [9.17, 15) is 9.59 Å². The van der Waals surface area contributed by atoms with Crippen LogP contribution in [0.4, 0.5) is 0 Å². The minimum absolute atomic E-state index is 0.00753. The van der Waals surface area contributed by atoms with Crippen molar-refractivity contribution < 1.29 is 14.7 Å². The van der Waals surface area contributed by atoms with Gasteiger partial charge >= 0.3 is 5.97 Å². The number of carbonyl (C=O) groups excluding carboxylic acids is 1. The smallest absolute Gasteiger partial charge is 0.303 e. The van der Waals surface area contributed by atoms with Gasteiger partial charge in [0.1, 0.15) is 10.3 Å². The van der Waals surface area contributed by atoms with Crippen molar-refractivity contribution in [1.29, 1.82) is 0 Å². The number of carboxylic acid groups (broad SMARTS) is 1. The lowest BCUT2D eigenvalue weighted by Gasteiger charge is -2.35. The molecule has 0 aliphatic carbocycles. The standard InChI is InChI=1S/C14H17BrN2O3/c15-12-6-3-5-11(16-12)14(20)17-9-2-1-4-10(17)7-8-13(18)19/h3,5-6,10H,1-2,4,7-9H2,(H,18,19). The summed E-state index contributed by atoms with van der Waals surface area (Å²) in [6.45, 7) is 0.678. The van der Waals surface area contributed by atoms with E-state index in [1.807, 2.05) is 0 Å². The number of halogens is 1. The number of carbonyl (C=O) groups is 2. The number of likely N-dealkylation sites (tertiary alicyclic amines) is 1. The largest absolute Gasteiger partial charge is 0.481 e. The Morgan fingerprint density at radius 2 is 2.20 bits per heavy atom. The summed E-state index contributed by atoms with van der Waals surface area (Å²) in [4.78, 5) is 29.2. The molecule has 1 unspecified atom stereocenters. The molecule has 108 valence electrons. The topological polar surface area (TPSA) is 70.5 Å². The molecule has 0 radical (unpaired) electrons. The molecule has 6 heteroatoms. The summed E-state index contributed by atoms with van der Waals surface area (Å²) in [5, 5.41) is 8.80. The van der Waals surface area contributed by atoms with Gasteiger partial charge in [-0.1, -0.05) is 6.07 Å². The maximum Gasteiger partial charge on any atom is 0.303 e. The quantitative estimate of drug-likeness (QED) is 0.855. The number of pyridine rings is 1. The van der Waals surface area contributed by atoms with Crippen LogP contribution < -0.4 is 0 Å². The van der Waals surface area contributed by atoms with Gasteiger partial charge in [-0.2, -0.15) is 0 Å². The molecule has 1 saturated heterocycles. The molecule has 0 saturated carbocycles. The molecular weight excluding hydrogens is 324 g/mol. The second kappa shape index (κ2) is 6.83. The van der Waals surface area contributed by atoms with Crippen LogP contribution in [0, 0.1) is 0 Å². The molecule has 2 heterocycles. The third-order valence-corrected chi connectivity index (χ3v) is 3.96. The van der Waals surface area contributed by atoms with E-state index in [0.717, 1.165) is 19.3 Å². The monoisotopic (exact) mass is 340 g/mol. The van der Waals surface area contributed by atoms with Crippen LogP contribution in [-0.2, 0) is 4.79 Å². The van der Waals surface area contributed by atoms with Crippen LogP contribution in [0.1, 0.15) is 42.6 Å². The number of amides is 1. The molecule has 1 atom stereocenters. The summed E-state index contributed by atoms with van der Waals surface area (Å²) in [5.41, 5.74) is 0.404. The Hall–Kier alpha value is -1.43. The predicted molar refractivity (Wildman–Crippen MR) is 77.5 cm³/mol. The Balaban J connectivity index is 2.10. The molecule has 1 aliphatic heterocycles. The van der Waals surface area contributed by atoms with Crippen LogP contribution in [-0.4, -0.2) is 39.5 Å². The highest BCUT2D eigenvalue weighted by molar-refractivity contribution is 9.10. The van der Waals surface area contributed by atoms with Crippen LogP contribution in [0.15, 0.2) is 22.8 Å². The fourth-order valence-electron chi connectivity index (χ4n) is 2.53. The molecule has 0 aromatic carbocycles. The molecule has 0 bridgehead atoms. The van der Waals surface area contributed by atoms with Crippen molar-refractivity contribution in [2.75, 3.05) is 6.54 Å². The highest BCUT2D eigenvalue weighted by atomic mass is 79.9. The maximum absolute atomic E-state index is 12.5. The minimum atomic E-state index is -0.816. The van der Waals surface area contributed by atoms with Crippen molar-refractivity contribution >= 4 is 27.8 Å². The number of rotatable bonds is 4. The number of piperidine rings is 1. The third-order valence-electron chi connectivity index (χ3n) is 3.51.